The van der Waals surface area contributed by atoms with E-state index < -0.39 is 28.5 Å². The summed E-state index contributed by atoms with van der Waals surface area (Å²) in [6.45, 7) is 8.70. The minimum absolute atomic E-state index is 0.0422. The molecule has 2 amide bonds. The van der Waals surface area contributed by atoms with Gasteiger partial charge in [0.2, 0.25) is 11.8 Å². The Morgan fingerprint density at radius 1 is 0.895 bits per heavy atom. The number of benzene rings is 3. The molecule has 1 N–H and O–H groups in total. The highest BCUT2D eigenvalue weighted by atomic mass is 35.5. The molecule has 9 heteroatoms. The van der Waals surface area contributed by atoms with E-state index in [-0.39, 0.29) is 29.1 Å². The lowest BCUT2D eigenvalue weighted by molar-refractivity contribution is -0.139. The van der Waals surface area contributed by atoms with Crippen molar-refractivity contribution in [3.05, 3.63) is 94.5 Å². The van der Waals surface area contributed by atoms with Gasteiger partial charge >= 0.3 is 0 Å². The molecular weight excluding hydrogens is 522 g/mol. The van der Waals surface area contributed by atoms with Crippen LogP contribution >= 0.6 is 11.6 Å². The van der Waals surface area contributed by atoms with Crippen LogP contribution in [0.25, 0.3) is 0 Å². The van der Waals surface area contributed by atoms with E-state index in [0.717, 1.165) is 21.0 Å². The van der Waals surface area contributed by atoms with E-state index >= 15 is 0 Å². The molecule has 3 aromatic carbocycles. The molecule has 0 aliphatic rings. The average Bonchev–Trinajstić information content (AvgIpc) is 2.88. The van der Waals surface area contributed by atoms with Crippen LogP contribution in [0.4, 0.5) is 5.69 Å². The van der Waals surface area contributed by atoms with Gasteiger partial charge in [0.15, 0.2) is 0 Å². The largest absolute Gasteiger partial charge is 0.352 e. The van der Waals surface area contributed by atoms with Crippen molar-refractivity contribution >= 4 is 39.1 Å². The second kappa shape index (κ2) is 12.5. The minimum atomic E-state index is -4.13. The van der Waals surface area contributed by atoms with E-state index in [1.54, 1.807) is 37.3 Å². The molecule has 0 unspecified atom stereocenters. The molecule has 0 saturated heterocycles. The molecule has 0 saturated carbocycles. The number of carbonyl (C=O) groups excluding carboxylic acids is 2. The van der Waals surface area contributed by atoms with Crippen molar-refractivity contribution in [1.82, 2.24) is 10.2 Å². The van der Waals surface area contributed by atoms with Crippen molar-refractivity contribution in [3.63, 3.8) is 0 Å². The maximum atomic E-state index is 13.9. The molecule has 0 heterocycles. The third-order valence-electron chi connectivity index (χ3n) is 6.25. The van der Waals surface area contributed by atoms with Crippen molar-refractivity contribution in [2.45, 2.75) is 58.1 Å². The van der Waals surface area contributed by atoms with Gasteiger partial charge < -0.3 is 10.2 Å². The zero-order chi connectivity index (χ0) is 28.0. The molecule has 0 radical (unpaired) electrons. The van der Waals surface area contributed by atoms with Crippen molar-refractivity contribution in [2.75, 3.05) is 10.8 Å². The third kappa shape index (κ3) is 6.94. The molecule has 38 heavy (non-hydrogen) atoms. The summed E-state index contributed by atoms with van der Waals surface area (Å²) in [4.78, 5) is 28.3. The summed E-state index contributed by atoms with van der Waals surface area (Å²) in [5, 5.41) is 3.23. The van der Waals surface area contributed by atoms with E-state index in [9.17, 15) is 18.0 Å². The predicted molar refractivity (Wildman–Crippen MR) is 152 cm³/mol. The number of anilines is 1. The number of carbonyl (C=O) groups is 2. The van der Waals surface area contributed by atoms with Crippen LogP contribution in [0.3, 0.4) is 0 Å². The fourth-order valence-corrected chi connectivity index (χ4v) is 5.55. The number of aryl methyl sites for hydroxylation is 2. The Morgan fingerprint density at radius 3 is 2.13 bits per heavy atom. The quantitative estimate of drug-likeness (QED) is 0.377. The molecule has 0 bridgehead atoms. The van der Waals surface area contributed by atoms with Gasteiger partial charge in [-0.05, 0) is 75.6 Å². The van der Waals surface area contributed by atoms with E-state index in [1.165, 1.54) is 23.1 Å². The summed E-state index contributed by atoms with van der Waals surface area (Å²) >= 11 is 6.35. The van der Waals surface area contributed by atoms with Gasteiger partial charge in [-0.1, -0.05) is 60.1 Å². The van der Waals surface area contributed by atoms with E-state index in [0.29, 0.717) is 5.02 Å². The Kier molecular flexibility index (Phi) is 9.57. The first-order valence-electron chi connectivity index (χ1n) is 12.4. The second-order valence-electron chi connectivity index (χ2n) is 9.55. The zero-order valence-electron chi connectivity index (χ0n) is 22.3. The minimum Gasteiger partial charge on any atom is -0.352 e. The number of sulfonamides is 1. The van der Waals surface area contributed by atoms with Gasteiger partial charge in [-0.3, -0.25) is 13.9 Å². The van der Waals surface area contributed by atoms with Gasteiger partial charge in [0.1, 0.15) is 12.6 Å². The smallest absolute Gasteiger partial charge is 0.264 e. The fraction of sp³-hybridized carbons (Fsp3) is 0.310. The molecule has 3 aromatic rings. The zero-order valence-corrected chi connectivity index (χ0v) is 23.9. The summed E-state index contributed by atoms with van der Waals surface area (Å²) in [5.41, 5.74) is 2.86. The van der Waals surface area contributed by atoms with Crippen molar-refractivity contribution in [1.29, 1.82) is 0 Å². The van der Waals surface area contributed by atoms with Gasteiger partial charge in [-0.25, -0.2) is 8.42 Å². The highest BCUT2D eigenvalue weighted by molar-refractivity contribution is 7.92. The Bertz CT molecular complexity index is 1390. The van der Waals surface area contributed by atoms with Crippen molar-refractivity contribution in [3.8, 4) is 0 Å². The molecule has 3 rings (SSSR count). The van der Waals surface area contributed by atoms with Crippen LogP contribution in [-0.4, -0.2) is 43.8 Å². The maximum absolute atomic E-state index is 13.9. The van der Waals surface area contributed by atoms with Crippen LogP contribution in [-0.2, 0) is 26.2 Å². The number of hydrogen-bond donors (Lipinski definition) is 1. The summed E-state index contributed by atoms with van der Waals surface area (Å²) < 4.78 is 28.6. The first kappa shape index (κ1) is 29.2. The third-order valence-corrected chi connectivity index (χ3v) is 8.45. The molecule has 0 spiro atoms. The monoisotopic (exact) mass is 555 g/mol. The summed E-state index contributed by atoms with van der Waals surface area (Å²) in [6, 6.07) is 19.4. The van der Waals surface area contributed by atoms with Crippen LogP contribution in [0.15, 0.2) is 77.7 Å². The standard InChI is InChI=1S/C29H34ClN3O4S/c1-20(2)31-29(35)23(5)32(18-24-12-10-9-11-21(24)3)28(34)19-33(25-16-15-22(4)27(30)17-25)38(36,37)26-13-7-6-8-14-26/h6-17,20,23H,18-19H2,1-5H3,(H,31,35)/t23-/m1/s1. The van der Waals surface area contributed by atoms with Crippen LogP contribution < -0.4 is 9.62 Å². The molecule has 0 aliphatic heterocycles. The Labute approximate surface area is 230 Å². The van der Waals surface area contributed by atoms with Crippen LogP contribution in [0.1, 0.15) is 37.5 Å². The van der Waals surface area contributed by atoms with Crippen LogP contribution in [0.5, 0.6) is 0 Å². The number of rotatable bonds is 10. The number of nitrogens with zero attached hydrogens (tertiary/aromatic N) is 2. The fourth-order valence-electron chi connectivity index (χ4n) is 3.94. The SMILES string of the molecule is Cc1ccc(N(CC(=O)N(Cc2ccccc2C)[C@H](C)C(=O)NC(C)C)S(=O)(=O)c2ccccc2)cc1Cl. The average molecular weight is 556 g/mol. The lowest BCUT2D eigenvalue weighted by atomic mass is 10.1. The van der Waals surface area contributed by atoms with Crippen LogP contribution in [0.2, 0.25) is 5.02 Å². The van der Waals surface area contributed by atoms with Gasteiger partial charge in [0.25, 0.3) is 10.0 Å². The summed E-state index contributed by atoms with van der Waals surface area (Å²) in [5.74, 6) is -0.839. The molecule has 0 aliphatic carbocycles. The Hall–Kier alpha value is -3.36. The highest BCUT2D eigenvalue weighted by Crippen LogP contribution is 2.28. The van der Waals surface area contributed by atoms with Crippen molar-refractivity contribution in [2.24, 2.45) is 0 Å². The Morgan fingerprint density at radius 2 is 1.53 bits per heavy atom. The molecule has 0 aromatic heterocycles. The maximum Gasteiger partial charge on any atom is 0.264 e. The molecule has 7 nitrogen and oxygen atoms in total. The lowest BCUT2D eigenvalue weighted by Crippen LogP contribution is -2.52. The van der Waals surface area contributed by atoms with Gasteiger partial charge in [-0.2, -0.15) is 0 Å². The number of hydrogen-bond acceptors (Lipinski definition) is 4. The van der Waals surface area contributed by atoms with Gasteiger partial charge in [0, 0.05) is 17.6 Å². The summed E-state index contributed by atoms with van der Waals surface area (Å²) in [6.07, 6.45) is 0. The van der Waals surface area contributed by atoms with Gasteiger partial charge in [-0.15, -0.1) is 0 Å². The van der Waals surface area contributed by atoms with Crippen LogP contribution in [0, 0.1) is 13.8 Å². The number of halogens is 1. The molecule has 202 valence electrons. The highest BCUT2D eigenvalue weighted by Gasteiger charge is 2.33. The van der Waals surface area contributed by atoms with E-state index in [1.807, 2.05) is 52.0 Å². The second-order valence-corrected chi connectivity index (χ2v) is 11.8. The normalized spacial score (nSPS) is 12.2. The molecular formula is C29H34ClN3O4S. The lowest BCUT2D eigenvalue weighted by Gasteiger charge is -2.32. The van der Waals surface area contributed by atoms with E-state index in [2.05, 4.69) is 5.32 Å². The van der Waals surface area contributed by atoms with Gasteiger partial charge in [0.05, 0.1) is 10.6 Å². The molecule has 1 atom stereocenters. The van der Waals surface area contributed by atoms with E-state index in [4.69, 9.17) is 11.6 Å². The summed E-state index contributed by atoms with van der Waals surface area (Å²) in [7, 11) is -4.13. The number of amides is 2. The first-order chi connectivity index (χ1) is 17.9. The van der Waals surface area contributed by atoms with Crippen molar-refractivity contribution < 1.29 is 18.0 Å². The number of nitrogens with one attached hydrogen (secondary N) is 1. The molecule has 0 fully saturated rings. The topological polar surface area (TPSA) is 86.8 Å². The Balaban J connectivity index is 2.06. The predicted octanol–water partition coefficient (Wildman–Crippen LogP) is 5.09. The first-order valence-corrected chi connectivity index (χ1v) is 14.2.